The molecule has 0 aliphatic heterocycles. The predicted molar refractivity (Wildman–Crippen MR) is 70.5 cm³/mol. The van der Waals surface area contributed by atoms with Crippen LogP contribution in [-0.2, 0) is 12.6 Å². The number of halogens is 3. The van der Waals surface area contributed by atoms with Crippen LogP contribution in [0, 0.1) is 11.3 Å². The fourth-order valence-electron chi connectivity index (χ4n) is 1.65. The van der Waals surface area contributed by atoms with Gasteiger partial charge in [-0.05, 0) is 18.2 Å². The van der Waals surface area contributed by atoms with Crippen LogP contribution in [0.1, 0.15) is 16.1 Å². The van der Waals surface area contributed by atoms with E-state index in [-0.39, 0.29) is 5.56 Å². The minimum Gasteiger partial charge on any atom is -0.384 e. The van der Waals surface area contributed by atoms with Crippen molar-refractivity contribution < 1.29 is 13.2 Å². The van der Waals surface area contributed by atoms with E-state index in [4.69, 9.17) is 5.26 Å². The molecule has 2 rings (SSSR count). The Morgan fingerprint density at radius 2 is 2.15 bits per heavy atom. The topological polar surface area (TPSA) is 48.7 Å². The molecule has 1 heterocycles. The molecule has 0 bridgehead atoms. The average molecular weight is 297 g/mol. The van der Waals surface area contributed by atoms with Crippen LogP contribution >= 0.6 is 11.3 Å². The minimum absolute atomic E-state index is 0.0148. The maximum atomic E-state index is 12.5. The van der Waals surface area contributed by atoms with Crippen molar-refractivity contribution in [1.82, 2.24) is 4.98 Å². The number of nitriles is 1. The van der Waals surface area contributed by atoms with Gasteiger partial charge in [0.25, 0.3) is 0 Å². The summed E-state index contributed by atoms with van der Waals surface area (Å²) in [6.45, 7) is 0.507. The summed E-state index contributed by atoms with van der Waals surface area (Å²) in [6, 6.07) is 4.87. The first kappa shape index (κ1) is 14.3. The second-order valence-electron chi connectivity index (χ2n) is 3.97. The normalized spacial score (nSPS) is 11.1. The first-order valence-corrected chi connectivity index (χ1v) is 6.62. The zero-order chi connectivity index (χ0) is 14.6. The van der Waals surface area contributed by atoms with E-state index in [0.717, 1.165) is 17.1 Å². The van der Waals surface area contributed by atoms with E-state index < -0.39 is 11.7 Å². The summed E-state index contributed by atoms with van der Waals surface area (Å²) < 4.78 is 37.6. The van der Waals surface area contributed by atoms with Gasteiger partial charge >= 0.3 is 6.18 Å². The second kappa shape index (κ2) is 5.92. The number of aromatic nitrogens is 1. The van der Waals surface area contributed by atoms with Gasteiger partial charge in [0.2, 0.25) is 0 Å². The molecule has 3 nitrogen and oxygen atoms in total. The van der Waals surface area contributed by atoms with Gasteiger partial charge < -0.3 is 5.32 Å². The number of thiazole rings is 1. The molecule has 0 aliphatic carbocycles. The average Bonchev–Trinajstić information content (AvgIpc) is 2.91. The molecule has 2 aromatic rings. The van der Waals surface area contributed by atoms with Gasteiger partial charge in [0.1, 0.15) is 6.07 Å². The number of nitrogens with zero attached hydrogens (tertiary/aromatic N) is 2. The molecule has 0 radical (unpaired) electrons. The van der Waals surface area contributed by atoms with Crippen LogP contribution in [0.5, 0.6) is 0 Å². The molecular formula is C13H10F3N3S. The number of nitrogens with one attached hydrogen (secondary N) is 1. The largest absolute Gasteiger partial charge is 0.416 e. The molecule has 104 valence electrons. The van der Waals surface area contributed by atoms with Crippen molar-refractivity contribution in [3.8, 4) is 6.07 Å². The Morgan fingerprint density at radius 1 is 1.35 bits per heavy atom. The van der Waals surface area contributed by atoms with Crippen LogP contribution in [0.2, 0.25) is 0 Å². The third-order valence-corrected chi connectivity index (χ3v) is 3.44. The van der Waals surface area contributed by atoms with Crippen molar-refractivity contribution in [1.29, 1.82) is 5.26 Å². The Labute approximate surface area is 117 Å². The smallest absolute Gasteiger partial charge is 0.384 e. The first-order valence-electron chi connectivity index (χ1n) is 5.74. The number of benzene rings is 1. The van der Waals surface area contributed by atoms with Crippen molar-refractivity contribution in [3.05, 3.63) is 45.9 Å². The van der Waals surface area contributed by atoms with Crippen molar-refractivity contribution >= 4 is 17.0 Å². The van der Waals surface area contributed by atoms with Crippen LogP contribution in [0.3, 0.4) is 0 Å². The monoisotopic (exact) mass is 297 g/mol. The summed E-state index contributed by atoms with van der Waals surface area (Å²) in [5, 5.41) is 14.7. The number of alkyl halides is 3. The zero-order valence-electron chi connectivity index (χ0n) is 10.2. The van der Waals surface area contributed by atoms with E-state index in [0.29, 0.717) is 18.7 Å². The molecule has 0 amide bonds. The van der Waals surface area contributed by atoms with Crippen molar-refractivity contribution in [2.45, 2.75) is 12.6 Å². The lowest BCUT2D eigenvalue weighted by atomic mass is 10.1. The van der Waals surface area contributed by atoms with Crippen LogP contribution in [0.25, 0.3) is 0 Å². The van der Waals surface area contributed by atoms with Gasteiger partial charge in [-0.1, -0.05) is 0 Å². The Hall–Kier alpha value is -2.07. The molecule has 0 unspecified atom stereocenters. The van der Waals surface area contributed by atoms with Gasteiger partial charge in [0, 0.05) is 24.5 Å². The number of hydrogen-bond donors (Lipinski definition) is 1. The highest BCUT2D eigenvalue weighted by molar-refractivity contribution is 7.09. The quantitative estimate of drug-likeness (QED) is 0.936. The number of rotatable bonds is 4. The van der Waals surface area contributed by atoms with Gasteiger partial charge in [0.15, 0.2) is 0 Å². The van der Waals surface area contributed by atoms with Gasteiger partial charge in [0.05, 0.1) is 21.8 Å². The Bertz CT molecular complexity index is 615. The van der Waals surface area contributed by atoms with Crippen LogP contribution in [-0.4, -0.2) is 11.5 Å². The third kappa shape index (κ3) is 3.48. The predicted octanol–water partition coefficient (Wildman–Crippen LogP) is 3.69. The van der Waals surface area contributed by atoms with Crippen molar-refractivity contribution in [2.75, 3.05) is 11.9 Å². The lowest BCUT2D eigenvalue weighted by Crippen LogP contribution is -2.09. The van der Waals surface area contributed by atoms with Gasteiger partial charge in [-0.3, -0.25) is 0 Å². The maximum Gasteiger partial charge on any atom is 0.416 e. The zero-order valence-corrected chi connectivity index (χ0v) is 11.1. The van der Waals surface area contributed by atoms with Gasteiger partial charge in [-0.15, -0.1) is 11.3 Å². The summed E-state index contributed by atoms with van der Waals surface area (Å²) in [6.07, 6.45) is -2.09. The van der Waals surface area contributed by atoms with Gasteiger partial charge in [-0.2, -0.15) is 18.4 Å². The maximum absolute atomic E-state index is 12.5. The molecule has 0 atom stereocenters. The van der Waals surface area contributed by atoms with E-state index >= 15 is 0 Å². The van der Waals surface area contributed by atoms with Crippen molar-refractivity contribution in [3.63, 3.8) is 0 Å². The minimum atomic E-state index is -4.44. The summed E-state index contributed by atoms with van der Waals surface area (Å²) in [7, 11) is 0. The van der Waals surface area contributed by atoms with Crippen molar-refractivity contribution in [2.24, 2.45) is 0 Å². The summed E-state index contributed by atoms with van der Waals surface area (Å²) in [4.78, 5) is 4.10. The molecule has 0 fully saturated rings. The van der Waals surface area contributed by atoms with E-state index in [1.165, 1.54) is 17.4 Å². The fraction of sp³-hybridized carbons (Fsp3) is 0.231. The summed E-state index contributed by atoms with van der Waals surface area (Å²) >= 11 is 1.51. The molecule has 0 saturated heterocycles. The highest BCUT2D eigenvalue weighted by atomic mass is 32.1. The number of anilines is 1. The second-order valence-corrected chi connectivity index (χ2v) is 4.95. The van der Waals surface area contributed by atoms with Crippen LogP contribution in [0.4, 0.5) is 18.9 Å². The van der Waals surface area contributed by atoms with Crippen LogP contribution in [0.15, 0.2) is 29.8 Å². The van der Waals surface area contributed by atoms with Gasteiger partial charge in [-0.25, -0.2) is 4.98 Å². The van der Waals surface area contributed by atoms with E-state index in [2.05, 4.69) is 10.3 Å². The molecule has 1 aromatic heterocycles. The molecule has 1 N–H and O–H groups in total. The van der Waals surface area contributed by atoms with E-state index in [1.807, 2.05) is 5.38 Å². The highest BCUT2D eigenvalue weighted by Gasteiger charge is 2.31. The molecule has 20 heavy (non-hydrogen) atoms. The lowest BCUT2D eigenvalue weighted by Gasteiger charge is -2.11. The lowest BCUT2D eigenvalue weighted by molar-refractivity contribution is -0.137. The molecule has 0 spiro atoms. The molecule has 0 aliphatic rings. The molecule has 1 aromatic carbocycles. The Kier molecular flexibility index (Phi) is 4.25. The van der Waals surface area contributed by atoms with Crippen LogP contribution < -0.4 is 5.32 Å². The Balaban J connectivity index is 2.06. The Morgan fingerprint density at radius 3 is 2.75 bits per heavy atom. The summed E-state index contributed by atoms with van der Waals surface area (Å²) in [5.41, 5.74) is -0.435. The third-order valence-electron chi connectivity index (χ3n) is 2.61. The molecule has 0 saturated carbocycles. The standard InChI is InChI=1S/C13H10F3N3S/c14-13(15,16)10-1-2-11(9(7-10)8-17)18-4-3-12-19-5-6-20-12/h1-2,5-7,18H,3-4H2. The molecular weight excluding hydrogens is 287 g/mol. The SMILES string of the molecule is N#Cc1cc(C(F)(F)F)ccc1NCCc1nccs1. The molecule has 7 heteroatoms. The van der Waals surface area contributed by atoms with E-state index in [1.54, 1.807) is 12.3 Å². The number of hydrogen-bond acceptors (Lipinski definition) is 4. The van der Waals surface area contributed by atoms with E-state index in [9.17, 15) is 13.2 Å². The highest BCUT2D eigenvalue weighted by Crippen LogP contribution is 2.31. The summed E-state index contributed by atoms with van der Waals surface area (Å²) in [5.74, 6) is 0. The first-order chi connectivity index (χ1) is 9.50. The fourth-order valence-corrected chi connectivity index (χ4v) is 2.27.